The molecule has 1 heterocycles. The van der Waals surface area contributed by atoms with E-state index in [1.54, 1.807) is 21.3 Å². The summed E-state index contributed by atoms with van der Waals surface area (Å²) in [5.74, 6) is 2.40. The summed E-state index contributed by atoms with van der Waals surface area (Å²) in [5, 5.41) is 16.5. The number of phenols is 1. The number of aryl methyl sites for hydroxylation is 1. The van der Waals surface area contributed by atoms with Crippen LogP contribution in [-0.2, 0) is 6.42 Å². The molecule has 0 bridgehead atoms. The van der Waals surface area contributed by atoms with Gasteiger partial charge in [-0.25, -0.2) is 0 Å². The molecule has 0 amide bonds. The zero-order valence-electron chi connectivity index (χ0n) is 18.4. The molecule has 5 heteroatoms. The van der Waals surface area contributed by atoms with E-state index in [-0.39, 0.29) is 11.8 Å². The Morgan fingerprint density at radius 3 is 2.37 bits per heavy atom. The number of fused-ring (bicyclic) bond motifs is 2. The van der Waals surface area contributed by atoms with Gasteiger partial charge in [-0.3, -0.25) is 0 Å². The number of ether oxygens (including phenoxy) is 3. The van der Waals surface area contributed by atoms with E-state index >= 15 is 0 Å². The monoisotopic (exact) mass is 407 g/mol. The molecule has 4 rings (SSSR count). The van der Waals surface area contributed by atoms with Gasteiger partial charge in [0.05, 0.1) is 32.3 Å². The highest BCUT2D eigenvalue weighted by Gasteiger charge is 2.29. The maximum absolute atomic E-state index is 11.1. The van der Waals surface area contributed by atoms with Crippen molar-refractivity contribution in [3.63, 3.8) is 0 Å². The maximum atomic E-state index is 11.1. The highest BCUT2D eigenvalue weighted by atomic mass is 16.5. The first-order valence-electron chi connectivity index (χ1n) is 10.2. The summed E-state index contributed by atoms with van der Waals surface area (Å²) in [4.78, 5) is 0. The molecule has 0 saturated heterocycles. The SMILES string of the molecule is COc1c(-c2ccc(OC)c3c(OC)cc(C)cc23)c(O)cc2c1[C@@H](C)N[C@H](C)C2. The number of rotatable bonds is 4. The Morgan fingerprint density at radius 2 is 1.70 bits per heavy atom. The molecule has 2 N–H and O–H groups in total. The predicted octanol–water partition coefficient (Wildman–Crippen LogP) is 5.14. The van der Waals surface area contributed by atoms with Crippen LogP contribution in [-0.4, -0.2) is 32.5 Å². The van der Waals surface area contributed by atoms with Gasteiger partial charge in [0.15, 0.2) is 0 Å². The van der Waals surface area contributed by atoms with E-state index in [0.29, 0.717) is 17.4 Å². The fourth-order valence-corrected chi connectivity index (χ4v) is 4.83. The van der Waals surface area contributed by atoms with Gasteiger partial charge in [-0.2, -0.15) is 0 Å². The van der Waals surface area contributed by atoms with Gasteiger partial charge in [0, 0.05) is 17.6 Å². The highest BCUT2D eigenvalue weighted by Crippen LogP contribution is 2.50. The van der Waals surface area contributed by atoms with Gasteiger partial charge in [-0.15, -0.1) is 0 Å². The normalized spacial score (nSPS) is 18.2. The van der Waals surface area contributed by atoms with E-state index in [1.807, 2.05) is 31.2 Å². The van der Waals surface area contributed by atoms with Crippen LogP contribution >= 0.6 is 0 Å². The molecular weight excluding hydrogens is 378 g/mol. The van der Waals surface area contributed by atoms with Gasteiger partial charge in [-0.1, -0.05) is 6.07 Å². The maximum Gasteiger partial charge on any atom is 0.135 e. The van der Waals surface area contributed by atoms with Crippen LogP contribution in [0.4, 0.5) is 0 Å². The third kappa shape index (κ3) is 3.14. The highest BCUT2D eigenvalue weighted by molar-refractivity contribution is 6.06. The topological polar surface area (TPSA) is 60.0 Å². The van der Waals surface area contributed by atoms with Crippen molar-refractivity contribution < 1.29 is 19.3 Å². The van der Waals surface area contributed by atoms with E-state index in [0.717, 1.165) is 50.9 Å². The number of benzene rings is 3. The van der Waals surface area contributed by atoms with Crippen LogP contribution in [0.3, 0.4) is 0 Å². The second-order valence-electron chi connectivity index (χ2n) is 8.08. The summed E-state index contributed by atoms with van der Waals surface area (Å²) < 4.78 is 17.2. The standard InChI is InChI=1S/C25H29NO4/c1-13-9-18-17(7-8-20(28-4)24(18)21(10-13)29-5)23-19(27)12-16-11-14(2)26-15(3)22(16)25(23)30-6/h7-10,12,14-15,26-27H,11H2,1-6H3/t14-,15-/m1/s1. The lowest BCUT2D eigenvalue weighted by atomic mass is 9.85. The van der Waals surface area contributed by atoms with Crippen LogP contribution in [0.5, 0.6) is 23.0 Å². The van der Waals surface area contributed by atoms with Crippen LogP contribution in [0.25, 0.3) is 21.9 Å². The molecule has 3 aromatic rings. The lowest BCUT2D eigenvalue weighted by Gasteiger charge is -2.32. The molecule has 5 nitrogen and oxygen atoms in total. The van der Waals surface area contributed by atoms with Crippen molar-refractivity contribution in [2.24, 2.45) is 0 Å². The second-order valence-corrected chi connectivity index (χ2v) is 8.08. The molecule has 0 saturated carbocycles. The minimum Gasteiger partial charge on any atom is -0.507 e. The molecule has 1 aliphatic heterocycles. The van der Waals surface area contributed by atoms with E-state index < -0.39 is 0 Å². The van der Waals surface area contributed by atoms with Crippen LogP contribution < -0.4 is 19.5 Å². The van der Waals surface area contributed by atoms with Crippen molar-refractivity contribution in [2.75, 3.05) is 21.3 Å². The predicted molar refractivity (Wildman–Crippen MR) is 120 cm³/mol. The van der Waals surface area contributed by atoms with Gasteiger partial charge < -0.3 is 24.6 Å². The molecule has 0 aliphatic carbocycles. The molecule has 0 spiro atoms. The van der Waals surface area contributed by atoms with Crippen LogP contribution in [0.15, 0.2) is 30.3 Å². The van der Waals surface area contributed by atoms with Crippen molar-refractivity contribution in [1.29, 1.82) is 0 Å². The summed E-state index contributed by atoms with van der Waals surface area (Å²) >= 11 is 0. The van der Waals surface area contributed by atoms with Gasteiger partial charge in [0.2, 0.25) is 0 Å². The summed E-state index contributed by atoms with van der Waals surface area (Å²) in [6, 6.07) is 10.3. The third-order valence-electron chi connectivity index (χ3n) is 5.98. The molecule has 158 valence electrons. The summed E-state index contributed by atoms with van der Waals surface area (Å²) in [6.45, 7) is 6.32. The molecule has 0 aromatic heterocycles. The summed E-state index contributed by atoms with van der Waals surface area (Å²) in [6.07, 6.45) is 0.847. The van der Waals surface area contributed by atoms with Gasteiger partial charge in [-0.05, 0) is 73.5 Å². The largest absolute Gasteiger partial charge is 0.507 e. The van der Waals surface area contributed by atoms with E-state index in [1.165, 1.54) is 0 Å². The lowest BCUT2D eigenvalue weighted by Crippen LogP contribution is -2.36. The fourth-order valence-electron chi connectivity index (χ4n) is 4.83. The Morgan fingerprint density at radius 1 is 0.967 bits per heavy atom. The number of phenolic OH excluding ortho intramolecular Hbond substituents is 1. The Labute approximate surface area is 177 Å². The first-order chi connectivity index (χ1) is 14.4. The zero-order valence-corrected chi connectivity index (χ0v) is 18.4. The first kappa shape index (κ1) is 20.4. The number of hydrogen-bond donors (Lipinski definition) is 2. The average molecular weight is 408 g/mol. The first-order valence-corrected chi connectivity index (χ1v) is 10.2. The van der Waals surface area contributed by atoms with E-state index in [2.05, 4.69) is 25.2 Å². The summed E-state index contributed by atoms with van der Waals surface area (Å²) in [5.41, 5.74) is 4.87. The summed E-state index contributed by atoms with van der Waals surface area (Å²) in [7, 11) is 4.98. The Kier molecular flexibility index (Phi) is 5.24. The molecule has 30 heavy (non-hydrogen) atoms. The van der Waals surface area contributed by atoms with Crippen molar-refractivity contribution >= 4 is 10.8 Å². The minimum absolute atomic E-state index is 0.124. The number of aromatic hydroxyl groups is 1. The number of nitrogens with one attached hydrogen (secondary N) is 1. The lowest BCUT2D eigenvalue weighted by molar-refractivity contribution is 0.378. The second kappa shape index (κ2) is 7.73. The molecule has 1 aliphatic rings. The average Bonchev–Trinajstić information content (AvgIpc) is 2.71. The van der Waals surface area contributed by atoms with Crippen LogP contribution in [0, 0.1) is 6.92 Å². The molecule has 0 radical (unpaired) electrons. The molecule has 3 aromatic carbocycles. The van der Waals surface area contributed by atoms with E-state index in [9.17, 15) is 5.11 Å². The van der Waals surface area contributed by atoms with Crippen molar-refractivity contribution in [1.82, 2.24) is 5.32 Å². The quantitative estimate of drug-likeness (QED) is 0.627. The fraction of sp³-hybridized carbons (Fsp3) is 0.360. The molecule has 2 atom stereocenters. The molecule has 0 unspecified atom stereocenters. The van der Waals surface area contributed by atoms with Crippen LogP contribution in [0.2, 0.25) is 0 Å². The molecular formula is C25H29NO4. The van der Waals surface area contributed by atoms with Crippen molar-refractivity contribution in [2.45, 2.75) is 39.3 Å². The van der Waals surface area contributed by atoms with Gasteiger partial charge in [0.1, 0.15) is 23.0 Å². The zero-order chi connectivity index (χ0) is 21.6. The number of hydrogen-bond acceptors (Lipinski definition) is 5. The smallest absolute Gasteiger partial charge is 0.135 e. The molecule has 0 fully saturated rings. The van der Waals surface area contributed by atoms with Crippen molar-refractivity contribution in [3.8, 4) is 34.1 Å². The van der Waals surface area contributed by atoms with Crippen molar-refractivity contribution in [3.05, 3.63) is 47.0 Å². The third-order valence-corrected chi connectivity index (χ3v) is 5.98. The minimum atomic E-state index is 0.124. The Bertz CT molecular complexity index is 1120. The Hall–Kier alpha value is -2.92. The number of methoxy groups -OCH3 is 3. The van der Waals surface area contributed by atoms with Gasteiger partial charge >= 0.3 is 0 Å². The van der Waals surface area contributed by atoms with Gasteiger partial charge in [0.25, 0.3) is 0 Å². The Balaban J connectivity index is 2.09. The van der Waals surface area contributed by atoms with Crippen LogP contribution in [0.1, 0.15) is 36.6 Å². The van der Waals surface area contributed by atoms with E-state index in [4.69, 9.17) is 14.2 Å².